The summed E-state index contributed by atoms with van der Waals surface area (Å²) in [6.07, 6.45) is -7.23. The summed E-state index contributed by atoms with van der Waals surface area (Å²) in [6.45, 7) is 5.39. The summed E-state index contributed by atoms with van der Waals surface area (Å²) in [5.41, 5.74) is -0.920. The molecule has 2 aromatic carbocycles. The van der Waals surface area contributed by atoms with Gasteiger partial charge in [-0.2, -0.15) is 0 Å². The van der Waals surface area contributed by atoms with Gasteiger partial charge in [0.1, 0.15) is 52.6 Å². The van der Waals surface area contributed by atoms with E-state index < -0.39 is 59.8 Å². The van der Waals surface area contributed by atoms with Crippen LogP contribution in [-0.4, -0.2) is 87.3 Å². The average molecular weight is 577 g/mol. The highest BCUT2D eigenvalue weighted by Gasteiger charge is 2.45. The lowest BCUT2D eigenvalue weighted by Crippen LogP contribution is -2.60. The van der Waals surface area contributed by atoms with Crippen molar-refractivity contribution < 1.29 is 54.0 Å². The number of methoxy groups -OCH3 is 1. The number of fused-ring (bicyclic) bond motifs is 1. The van der Waals surface area contributed by atoms with Crippen LogP contribution in [0.15, 0.2) is 39.5 Å². The van der Waals surface area contributed by atoms with Crippen molar-refractivity contribution in [2.45, 2.75) is 69.9 Å². The third kappa shape index (κ3) is 6.13. The number of aryl methyl sites for hydroxylation is 1. The zero-order valence-corrected chi connectivity index (χ0v) is 23.2. The number of aliphatic hydroxyl groups is 4. The Morgan fingerprint density at radius 3 is 2.32 bits per heavy atom. The molecular formula is C29H36O12. The molecule has 1 aromatic heterocycles. The van der Waals surface area contributed by atoms with Crippen molar-refractivity contribution in [1.29, 1.82) is 0 Å². The highest BCUT2D eigenvalue weighted by molar-refractivity contribution is 5.91. The van der Waals surface area contributed by atoms with Crippen molar-refractivity contribution >= 4 is 11.0 Å². The van der Waals surface area contributed by atoms with E-state index in [0.717, 1.165) is 6.07 Å². The van der Waals surface area contributed by atoms with Crippen molar-refractivity contribution in [3.63, 3.8) is 0 Å². The fourth-order valence-corrected chi connectivity index (χ4v) is 4.83. The van der Waals surface area contributed by atoms with Crippen molar-refractivity contribution in [1.82, 2.24) is 0 Å². The smallest absolute Gasteiger partial charge is 0.238 e. The first-order valence-corrected chi connectivity index (χ1v) is 13.2. The van der Waals surface area contributed by atoms with Gasteiger partial charge in [0.15, 0.2) is 5.76 Å². The van der Waals surface area contributed by atoms with E-state index >= 15 is 0 Å². The summed E-state index contributed by atoms with van der Waals surface area (Å²) in [7, 11) is 1.50. The predicted octanol–water partition coefficient (Wildman–Crippen LogP) is 1.81. The van der Waals surface area contributed by atoms with Gasteiger partial charge in [0.25, 0.3) is 0 Å². The molecule has 2 heterocycles. The van der Waals surface area contributed by atoms with Crippen LogP contribution in [0.1, 0.15) is 32.8 Å². The van der Waals surface area contributed by atoms with Crippen LogP contribution in [0.25, 0.3) is 22.3 Å². The normalized spacial score (nSPS) is 23.1. The molecule has 12 heteroatoms. The van der Waals surface area contributed by atoms with E-state index in [0.29, 0.717) is 24.3 Å². The van der Waals surface area contributed by atoms with E-state index in [2.05, 4.69) is 0 Å². The molecule has 5 atom stereocenters. The molecule has 0 aliphatic carbocycles. The number of hydrogen-bond donors (Lipinski definition) is 6. The molecule has 6 N–H and O–H groups in total. The lowest BCUT2D eigenvalue weighted by molar-refractivity contribution is -0.277. The molecule has 0 radical (unpaired) electrons. The third-order valence-corrected chi connectivity index (χ3v) is 7.14. The Balaban J connectivity index is 1.89. The second-order valence-corrected chi connectivity index (χ2v) is 10.4. The molecule has 1 saturated heterocycles. The highest BCUT2D eigenvalue weighted by atomic mass is 16.7. The zero-order chi connectivity index (χ0) is 30.1. The lowest BCUT2D eigenvalue weighted by Gasteiger charge is -2.39. The van der Waals surface area contributed by atoms with Crippen LogP contribution in [0.4, 0.5) is 0 Å². The number of hydrogen-bond acceptors (Lipinski definition) is 12. The maximum absolute atomic E-state index is 13.3. The summed E-state index contributed by atoms with van der Waals surface area (Å²) in [5.74, 6) is -0.942. The van der Waals surface area contributed by atoms with Gasteiger partial charge >= 0.3 is 0 Å². The molecule has 4 rings (SSSR count). The maximum atomic E-state index is 13.3. The molecule has 1 fully saturated rings. The molecular weight excluding hydrogens is 540 g/mol. The van der Waals surface area contributed by atoms with Crippen LogP contribution in [0.2, 0.25) is 0 Å². The monoisotopic (exact) mass is 576 g/mol. The molecule has 0 saturated carbocycles. The van der Waals surface area contributed by atoms with Gasteiger partial charge in [0.2, 0.25) is 17.5 Å². The first-order valence-electron chi connectivity index (χ1n) is 13.2. The Hall–Kier alpha value is -3.39. The van der Waals surface area contributed by atoms with Gasteiger partial charge in [-0.05, 0) is 57.9 Å². The average Bonchev–Trinajstić information content (AvgIpc) is 2.94. The zero-order valence-electron chi connectivity index (χ0n) is 23.2. The molecule has 1 aliphatic heterocycles. The van der Waals surface area contributed by atoms with Crippen LogP contribution in [0, 0.1) is 0 Å². The van der Waals surface area contributed by atoms with Gasteiger partial charge in [0.05, 0.1) is 19.3 Å². The maximum Gasteiger partial charge on any atom is 0.238 e. The Kier molecular flexibility index (Phi) is 9.12. The Bertz CT molecular complexity index is 1410. The van der Waals surface area contributed by atoms with Crippen molar-refractivity contribution in [2.24, 2.45) is 0 Å². The fraction of sp³-hybridized carbons (Fsp3) is 0.483. The van der Waals surface area contributed by atoms with Crippen molar-refractivity contribution in [3.05, 3.63) is 46.1 Å². The summed E-state index contributed by atoms with van der Waals surface area (Å²) in [6, 6.07) is 7.56. The number of phenols is 1. The number of phenolic OH excluding ortho intramolecular Hbond substituents is 1. The Morgan fingerprint density at radius 2 is 1.71 bits per heavy atom. The number of aromatic hydroxyl groups is 2. The second kappa shape index (κ2) is 12.2. The topological polar surface area (TPSA) is 189 Å². The highest BCUT2D eigenvalue weighted by Crippen LogP contribution is 2.41. The second-order valence-electron chi connectivity index (χ2n) is 10.4. The van der Waals surface area contributed by atoms with E-state index in [1.165, 1.54) is 7.11 Å². The molecule has 0 amide bonds. The van der Waals surface area contributed by atoms with Gasteiger partial charge in [-0.1, -0.05) is 0 Å². The molecule has 0 spiro atoms. The largest absolute Gasteiger partial charge is 0.507 e. The van der Waals surface area contributed by atoms with Crippen LogP contribution in [-0.2, 0) is 15.9 Å². The molecule has 224 valence electrons. The van der Waals surface area contributed by atoms with Crippen LogP contribution in [0.5, 0.6) is 23.0 Å². The molecule has 12 nitrogen and oxygen atoms in total. The van der Waals surface area contributed by atoms with E-state index in [-0.39, 0.29) is 34.5 Å². The number of ether oxygens (including phenoxy) is 4. The predicted molar refractivity (Wildman–Crippen MR) is 146 cm³/mol. The molecule has 41 heavy (non-hydrogen) atoms. The van der Waals surface area contributed by atoms with Crippen LogP contribution >= 0.6 is 0 Å². The van der Waals surface area contributed by atoms with Gasteiger partial charge < -0.3 is 54.0 Å². The number of rotatable bonds is 10. The first-order chi connectivity index (χ1) is 19.4. The number of aliphatic hydroxyl groups excluding tert-OH is 4. The van der Waals surface area contributed by atoms with Gasteiger partial charge in [-0.25, -0.2) is 0 Å². The van der Waals surface area contributed by atoms with Crippen LogP contribution < -0.4 is 14.9 Å². The molecule has 1 aliphatic rings. The minimum atomic E-state index is -1.72. The van der Waals surface area contributed by atoms with Gasteiger partial charge in [0, 0.05) is 23.8 Å². The summed E-state index contributed by atoms with van der Waals surface area (Å²) >= 11 is 0. The van der Waals surface area contributed by atoms with Gasteiger partial charge in [-0.15, -0.1) is 0 Å². The van der Waals surface area contributed by atoms with Gasteiger partial charge in [-0.3, -0.25) is 4.79 Å². The first kappa shape index (κ1) is 30.6. The van der Waals surface area contributed by atoms with Crippen molar-refractivity contribution in [3.8, 4) is 34.3 Å². The summed E-state index contributed by atoms with van der Waals surface area (Å²) in [4.78, 5) is 13.3. The molecule has 0 unspecified atom stereocenters. The Morgan fingerprint density at radius 1 is 1.02 bits per heavy atom. The SMILES string of the molecule is CCOC(C)(C)CCc1c(O[C@@H]2O[C@H](CO)[C@@H](O)[C@H](O)[C@H]2O)cc(O)c2c(=O)c(O)c(-c3ccc(OC)cc3)oc12. The molecule has 3 aromatic rings. The summed E-state index contributed by atoms with van der Waals surface area (Å²) in [5, 5.41) is 61.9. The van der Waals surface area contributed by atoms with E-state index in [1.54, 1.807) is 24.3 Å². The minimum absolute atomic E-state index is 0.0545. The molecule has 0 bridgehead atoms. The quantitative estimate of drug-likeness (QED) is 0.206. The third-order valence-electron chi connectivity index (χ3n) is 7.14. The lowest BCUT2D eigenvalue weighted by atomic mass is 9.95. The van der Waals surface area contributed by atoms with E-state index in [9.17, 15) is 35.4 Å². The van der Waals surface area contributed by atoms with E-state index in [1.807, 2.05) is 20.8 Å². The number of benzene rings is 2. The van der Waals surface area contributed by atoms with Crippen molar-refractivity contribution in [2.75, 3.05) is 20.3 Å². The fourth-order valence-electron chi connectivity index (χ4n) is 4.83. The summed E-state index contributed by atoms with van der Waals surface area (Å²) < 4.78 is 28.5. The minimum Gasteiger partial charge on any atom is -0.507 e. The van der Waals surface area contributed by atoms with Crippen LogP contribution in [0.3, 0.4) is 0 Å². The Labute approximate surface area is 235 Å². The standard InChI is InChI=1S/C29H36O12/c1-5-38-29(2,3)11-10-16-18(39-28-25(36)23(34)21(32)19(13-30)40-28)12-17(31)20-22(33)24(35)26(41-27(16)20)14-6-8-15(37-4)9-7-14/h6-9,12,19,21,23,25,28,30-32,34-36H,5,10-11,13H2,1-4H3/t19-,21-,23+,25-,28-/m1/s1. The van der Waals surface area contributed by atoms with E-state index in [4.69, 9.17) is 23.4 Å².